The van der Waals surface area contributed by atoms with E-state index in [4.69, 9.17) is 9.47 Å². The minimum atomic E-state index is -0.284. The number of esters is 1. The lowest BCUT2D eigenvalue weighted by Crippen LogP contribution is -2.38. The highest BCUT2D eigenvalue weighted by atomic mass is 16.6. The van der Waals surface area contributed by atoms with Crippen molar-refractivity contribution in [2.24, 2.45) is 5.41 Å². The van der Waals surface area contributed by atoms with Gasteiger partial charge in [-0.25, -0.2) is 4.79 Å². The summed E-state index contributed by atoms with van der Waals surface area (Å²) in [5, 5.41) is 3.36. The van der Waals surface area contributed by atoms with Crippen molar-refractivity contribution in [3.63, 3.8) is 0 Å². The largest absolute Gasteiger partial charge is 0.464 e. The topological polar surface area (TPSA) is 47.6 Å². The normalized spacial score (nSPS) is 17.9. The van der Waals surface area contributed by atoms with Crippen LogP contribution < -0.4 is 5.32 Å². The summed E-state index contributed by atoms with van der Waals surface area (Å²) >= 11 is 0. The lowest BCUT2D eigenvalue weighted by Gasteiger charge is -2.38. The summed E-state index contributed by atoms with van der Waals surface area (Å²) in [6.07, 6.45) is 4.00. The van der Waals surface area contributed by atoms with Gasteiger partial charge in [-0.15, -0.1) is 0 Å². The first-order valence-electron chi connectivity index (χ1n) is 6.10. The average molecular weight is 229 g/mol. The zero-order valence-corrected chi connectivity index (χ0v) is 10.4. The van der Waals surface area contributed by atoms with E-state index in [1.54, 1.807) is 6.92 Å². The first-order valence-corrected chi connectivity index (χ1v) is 6.10. The molecule has 16 heavy (non-hydrogen) atoms. The van der Waals surface area contributed by atoms with E-state index in [0.29, 0.717) is 18.6 Å². The molecule has 0 aromatic heterocycles. The van der Waals surface area contributed by atoms with Crippen LogP contribution in [-0.4, -0.2) is 38.9 Å². The minimum absolute atomic E-state index is 0.0623. The Kier molecular flexibility index (Phi) is 5.77. The van der Waals surface area contributed by atoms with E-state index in [0.717, 1.165) is 13.1 Å². The summed E-state index contributed by atoms with van der Waals surface area (Å²) in [5.74, 6) is -0.284. The second-order valence-electron chi connectivity index (χ2n) is 4.70. The van der Waals surface area contributed by atoms with Gasteiger partial charge < -0.3 is 14.8 Å². The number of nitrogens with one attached hydrogen (secondary N) is 1. The van der Waals surface area contributed by atoms with Crippen LogP contribution in [0.5, 0.6) is 0 Å². The van der Waals surface area contributed by atoms with Gasteiger partial charge in [-0.2, -0.15) is 0 Å². The first-order chi connectivity index (χ1) is 7.66. The zero-order chi connectivity index (χ0) is 11.9. The van der Waals surface area contributed by atoms with Gasteiger partial charge in [-0.1, -0.05) is 13.3 Å². The van der Waals surface area contributed by atoms with E-state index in [-0.39, 0.29) is 12.6 Å². The van der Waals surface area contributed by atoms with Gasteiger partial charge in [-0.3, -0.25) is 0 Å². The van der Waals surface area contributed by atoms with E-state index in [1.807, 2.05) is 0 Å². The highest BCUT2D eigenvalue weighted by Gasteiger charge is 2.30. The number of hydrogen-bond donors (Lipinski definition) is 1. The number of ether oxygens (including phenoxy) is 2. The Balaban J connectivity index is 1.86. The first kappa shape index (κ1) is 13.5. The molecule has 1 N–H and O–H groups in total. The van der Waals surface area contributed by atoms with Crippen LogP contribution in [0.2, 0.25) is 0 Å². The van der Waals surface area contributed by atoms with Crippen molar-refractivity contribution in [2.75, 3.05) is 32.9 Å². The van der Waals surface area contributed by atoms with E-state index in [9.17, 15) is 4.79 Å². The Morgan fingerprint density at radius 3 is 2.75 bits per heavy atom. The van der Waals surface area contributed by atoms with Crippen molar-refractivity contribution in [2.45, 2.75) is 33.1 Å². The van der Waals surface area contributed by atoms with E-state index in [2.05, 4.69) is 12.2 Å². The van der Waals surface area contributed by atoms with E-state index < -0.39 is 0 Å². The quantitative estimate of drug-likeness (QED) is 0.504. The van der Waals surface area contributed by atoms with Gasteiger partial charge in [0.25, 0.3) is 0 Å². The monoisotopic (exact) mass is 229 g/mol. The van der Waals surface area contributed by atoms with Crippen LogP contribution >= 0.6 is 0 Å². The van der Waals surface area contributed by atoms with Crippen LogP contribution in [0.4, 0.5) is 0 Å². The molecular weight excluding hydrogens is 206 g/mol. The molecule has 1 fully saturated rings. The van der Waals surface area contributed by atoms with Gasteiger partial charge in [0.05, 0.1) is 13.2 Å². The molecule has 1 aliphatic rings. The van der Waals surface area contributed by atoms with E-state index in [1.165, 1.54) is 19.3 Å². The van der Waals surface area contributed by atoms with Crippen LogP contribution in [0.1, 0.15) is 33.1 Å². The van der Waals surface area contributed by atoms with E-state index >= 15 is 0 Å². The van der Waals surface area contributed by atoms with Crippen molar-refractivity contribution in [1.29, 1.82) is 0 Å². The average Bonchev–Trinajstić information content (AvgIpc) is 2.21. The molecule has 0 amide bonds. The second kappa shape index (κ2) is 6.86. The third kappa shape index (κ3) is 4.94. The summed E-state index contributed by atoms with van der Waals surface area (Å²) in [6, 6.07) is 0. The summed E-state index contributed by atoms with van der Waals surface area (Å²) in [4.78, 5) is 10.9. The maximum Gasteiger partial charge on any atom is 0.332 e. The molecule has 0 aromatic carbocycles. The van der Waals surface area contributed by atoms with Crippen LogP contribution in [0.25, 0.3) is 0 Å². The van der Waals surface area contributed by atoms with Gasteiger partial charge >= 0.3 is 5.97 Å². The van der Waals surface area contributed by atoms with Crippen LogP contribution in [0.15, 0.2) is 0 Å². The smallest absolute Gasteiger partial charge is 0.332 e. The standard InChI is InChI=1S/C12H23NO3/c1-3-16-11(14)9-15-8-7-13-10-12(2)5-4-6-12/h13H,3-10H2,1-2H3. The molecule has 0 atom stereocenters. The summed E-state index contributed by atoms with van der Waals surface area (Å²) in [5.41, 5.74) is 0.501. The number of carbonyl (C=O) groups excluding carboxylic acids is 1. The Morgan fingerprint density at radius 2 is 2.19 bits per heavy atom. The summed E-state index contributed by atoms with van der Waals surface area (Å²) in [6.45, 7) is 6.99. The van der Waals surface area contributed by atoms with Crippen LogP contribution in [0, 0.1) is 5.41 Å². The van der Waals surface area contributed by atoms with Gasteiger partial charge in [-0.05, 0) is 25.2 Å². The van der Waals surface area contributed by atoms with Crippen LogP contribution in [0.3, 0.4) is 0 Å². The van der Waals surface area contributed by atoms with Crippen LogP contribution in [-0.2, 0) is 14.3 Å². The van der Waals surface area contributed by atoms with Gasteiger partial charge in [0.15, 0.2) is 0 Å². The van der Waals surface area contributed by atoms with Crippen molar-refractivity contribution in [1.82, 2.24) is 5.32 Å². The van der Waals surface area contributed by atoms with Gasteiger partial charge in [0.1, 0.15) is 6.61 Å². The highest BCUT2D eigenvalue weighted by Crippen LogP contribution is 2.39. The number of rotatable bonds is 8. The van der Waals surface area contributed by atoms with Gasteiger partial charge in [0.2, 0.25) is 0 Å². The predicted molar refractivity (Wildman–Crippen MR) is 62.3 cm³/mol. The molecule has 0 saturated heterocycles. The molecule has 0 radical (unpaired) electrons. The molecule has 1 aliphatic carbocycles. The molecule has 0 aromatic rings. The van der Waals surface area contributed by atoms with Crippen molar-refractivity contribution < 1.29 is 14.3 Å². The Bertz CT molecular complexity index is 214. The fourth-order valence-electron chi connectivity index (χ4n) is 1.85. The molecule has 1 saturated carbocycles. The zero-order valence-electron chi connectivity index (χ0n) is 10.4. The summed E-state index contributed by atoms with van der Waals surface area (Å²) < 4.78 is 9.92. The molecule has 0 bridgehead atoms. The molecular formula is C12H23NO3. The highest BCUT2D eigenvalue weighted by molar-refractivity contribution is 5.70. The predicted octanol–water partition coefficient (Wildman–Crippen LogP) is 1.35. The molecule has 4 heteroatoms. The molecule has 0 unspecified atom stereocenters. The van der Waals surface area contributed by atoms with Gasteiger partial charge in [0, 0.05) is 13.1 Å². The molecule has 0 aliphatic heterocycles. The fourth-order valence-corrected chi connectivity index (χ4v) is 1.85. The Morgan fingerprint density at radius 1 is 1.44 bits per heavy atom. The second-order valence-corrected chi connectivity index (χ2v) is 4.70. The fraction of sp³-hybridized carbons (Fsp3) is 0.917. The minimum Gasteiger partial charge on any atom is -0.464 e. The molecule has 1 rings (SSSR count). The van der Waals surface area contributed by atoms with Crippen molar-refractivity contribution in [3.8, 4) is 0 Å². The lowest BCUT2D eigenvalue weighted by atomic mass is 9.70. The maximum atomic E-state index is 10.9. The molecule has 0 spiro atoms. The number of carbonyl (C=O) groups is 1. The Hall–Kier alpha value is -0.610. The summed E-state index contributed by atoms with van der Waals surface area (Å²) in [7, 11) is 0. The SMILES string of the molecule is CCOC(=O)COCCNCC1(C)CCC1. The Labute approximate surface area is 97.7 Å². The maximum absolute atomic E-state index is 10.9. The molecule has 4 nitrogen and oxygen atoms in total. The number of hydrogen-bond acceptors (Lipinski definition) is 4. The molecule has 94 valence electrons. The van der Waals surface area contributed by atoms with Crippen molar-refractivity contribution >= 4 is 5.97 Å². The lowest BCUT2D eigenvalue weighted by molar-refractivity contribution is -0.148. The molecule has 0 heterocycles. The van der Waals surface area contributed by atoms with Crippen molar-refractivity contribution in [3.05, 3.63) is 0 Å². The third-order valence-electron chi connectivity index (χ3n) is 3.06. The third-order valence-corrected chi connectivity index (χ3v) is 3.06.